The number of pyridine rings is 1. The van der Waals surface area contributed by atoms with Crippen molar-refractivity contribution in [2.75, 3.05) is 17.2 Å². The van der Waals surface area contributed by atoms with Crippen LogP contribution in [-0.2, 0) is 16.4 Å². The summed E-state index contributed by atoms with van der Waals surface area (Å²) >= 11 is 0. The second-order valence-electron chi connectivity index (χ2n) is 9.16. The van der Waals surface area contributed by atoms with E-state index >= 15 is 0 Å². The Morgan fingerprint density at radius 3 is 2.28 bits per heavy atom. The van der Waals surface area contributed by atoms with Gasteiger partial charge in [0.2, 0.25) is 16.0 Å². The van der Waals surface area contributed by atoms with Crippen LogP contribution in [0.25, 0.3) is 22.3 Å². The lowest BCUT2D eigenvalue weighted by atomic mass is 10.1. The number of rotatable bonds is 8. The molecule has 2 heterocycles. The topological polar surface area (TPSA) is 123 Å². The molecule has 0 atom stereocenters. The molecular weight excluding hydrogens is 543 g/mol. The molecule has 1 aliphatic rings. The van der Waals surface area contributed by atoms with Crippen LogP contribution in [0, 0.1) is 11.6 Å². The molecule has 14 heteroatoms. The van der Waals surface area contributed by atoms with Crippen LogP contribution in [0.15, 0.2) is 59.5 Å². The number of anilines is 2. The Morgan fingerprint density at radius 1 is 0.949 bits per heavy atom. The van der Waals surface area contributed by atoms with E-state index in [1.165, 1.54) is 30.3 Å². The molecule has 0 aliphatic heterocycles. The highest BCUT2D eigenvalue weighted by atomic mass is 32.2. The molecule has 0 unspecified atom stereocenters. The third kappa shape index (κ3) is 5.61. The number of primary sulfonamides is 1. The van der Waals surface area contributed by atoms with Crippen LogP contribution >= 0.6 is 0 Å². The van der Waals surface area contributed by atoms with Crippen molar-refractivity contribution in [3.05, 3.63) is 71.8 Å². The molecule has 39 heavy (non-hydrogen) atoms. The number of halogens is 5. The number of nitrogens with two attached hydrogens (primary N) is 1. The van der Waals surface area contributed by atoms with Crippen LogP contribution in [0.2, 0.25) is 0 Å². The minimum Gasteiger partial charge on any atom is -0.354 e. The fourth-order valence-electron chi connectivity index (χ4n) is 4.04. The van der Waals surface area contributed by atoms with Gasteiger partial charge in [0.15, 0.2) is 5.82 Å². The minimum atomic E-state index is -4.51. The molecule has 4 aromatic rings. The van der Waals surface area contributed by atoms with Crippen molar-refractivity contribution in [1.29, 1.82) is 0 Å². The second-order valence-corrected chi connectivity index (χ2v) is 10.7. The molecule has 1 fully saturated rings. The number of benzene rings is 2. The van der Waals surface area contributed by atoms with E-state index in [1.54, 1.807) is 12.1 Å². The summed E-state index contributed by atoms with van der Waals surface area (Å²) in [6.07, 6.45) is -4.54. The van der Waals surface area contributed by atoms with Crippen molar-refractivity contribution in [2.45, 2.75) is 35.9 Å². The van der Waals surface area contributed by atoms with Gasteiger partial charge in [0.1, 0.15) is 27.6 Å². The summed E-state index contributed by atoms with van der Waals surface area (Å²) in [4.78, 5) is 12.5. The molecule has 0 bridgehead atoms. The summed E-state index contributed by atoms with van der Waals surface area (Å²) in [5.41, 5.74) is -0.338. The van der Waals surface area contributed by atoms with Crippen molar-refractivity contribution in [3.63, 3.8) is 0 Å². The van der Waals surface area contributed by atoms with Crippen LogP contribution in [0.3, 0.4) is 0 Å². The number of hydrogen-bond donors (Lipinski definition) is 3. The third-order valence-electron chi connectivity index (χ3n) is 6.33. The van der Waals surface area contributed by atoms with E-state index < -0.39 is 38.3 Å². The highest BCUT2D eigenvalue weighted by molar-refractivity contribution is 7.89. The predicted molar refractivity (Wildman–Crippen MR) is 134 cm³/mol. The first-order valence-corrected chi connectivity index (χ1v) is 13.2. The van der Waals surface area contributed by atoms with E-state index in [1.807, 2.05) is 0 Å². The molecule has 0 amide bonds. The monoisotopic (exact) mass is 564 g/mol. The number of hydrogen-bond acceptors (Lipinski definition) is 7. The Kier molecular flexibility index (Phi) is 6.63. The summed E-state index contributed by atoms with van der Waals surface area (Å²) in [5, 5.41) is 10.4. The largest absolute Gasteiger partial charge is 0.411 e. The third-order valence-corrected chi connectivity index (χ3v) is 7.28. The number of nitrogens with zero attached hydrogens (tertiary/aromatic N) is 3. The van der Waals surface area contributed by atoms with Crippen LogP contribution in [0.4, 0.5) is 33.7 Å². The number of alkyl halides is 3. The summed E-state index contributed by atoms with van der Waals surface area (Å²) in [6.45, 7) is 0.157. The van der Waals surface area contributed by atoms with Gasteiger partial charge in [-0.15, -0.1) is 0 Å². The van der Waals surface area contributed by atoms with Crippen molar-refractivity contribution in [3.8, 4) is 11.3 Å². The molecule has 0 spiro atoms. The number of fused-ring (bicyclic) bond motifs is 1. The van der Waals surface area contributed by atoms with E-state index in [2.05, 4.69) is 25.6 Å². The summed E-state index contributed by atoms with van der Waals surface area (Å²) in [7, 11) is -4.20. The summed E-state index contributed by atoms with van der Waals surface area (Å²) < 4.78 is 91.5. The van der Waals surface area contributed by atoms with E-state index in [0.717, 1.165) is 12.1 Å². The summed E-state index contributed by atoms with van der Waals surface area (Å²) in [5.74, 6) is -1.54. The standard InChI is InChI=1S/C25H21F5N6O2S/c26-16-4-2-15(3-5-16)18-6-7-19-21(33-18)22(36-24(10-11-24)25(28,29)30)35-23(34-19)32-12-9-14-1-8-20(17(27)13-14)39(31,37)38/h1-8,13H,9-12H2,(H2,31,37,38)(H2,32,34,35,36). The molecule has 1 aliphatic carbocycles. The molecule has 2 aromatic heterocycles. The van der Waals surface area contributed by atoms with Crippen LogP contribution < -0.4 is 15.8 Å². The van der Waals surface area contributed by atoms with Crippen molar-refractivity contribution >= 4 is 32.8 Å². The second kappa shape index (κ2) is 9.68. The molecule has 8 nitrogen and oxygen atoms in total. The minimum absolute atomic E-state index is 0.0148. The number of sulfonamides is 1. The highest BCUT2D eigenvalue weighted by Crippen LogP contribution is 2.51. The lowest BCUT2D eigenvalue weighted by Gasteiger charge is -2.22. The molecule has 0 radical (unpaired) electrons. The van der Waals surface area contributed by atoms with Gasteiger partial charge in [0.25, 0.3) is 0 Å². The average molecular weight is 565 g/mol. The van der Waals surface area contributed by atoms with Crippen molar-refractivity contribution < 1.29 is 30.4 Å². The van der Waals surface area contributed by atoms with Crippen LogP contribution in [0.5, 0.6) is 0 Å². The van der Waals surface area contributed by atoms with Gasteiger partial charge in [-0.05, 0) is 73.4 Å². The van der Waals surface area contributed by atoms with Crippen molar-refractivity contribution in [2.24, 2.45) is 5.14 Å². The highest BCUT2D eigenvalue weighted by Gasteiger charge is 2.64. The maximum atomic E-state index is 14.1. The van der Waals surface area contributed by atoms with E-state index in [0.29, 0.717) is 16.8 Å². The lowest BCUT2D eigenvalue weighted by molar-refractivity contribution is -0.151. The van der Waals surface area contributed by atoms with E-state index in [4.69, 9.17) is 5.14 Å². The molecule has 1 saturated carbocycles. The zero-order valence-corrected chi connectivity index (χ0v) is 20.9. The molecule has 0 saturated heterocycles. The maximum absolute atomic E-state index is 14.1. The number of aromatic nitrogens is 3. The Labute approximate surface area is 219 Å². The zero-order valence-electron chi connectivity index (χ0n) is 20.1. The van der Waals surface area contributed by atoms with Gasteiger partial charge in [0.05, 0.1) is 11.2 Å². The first-order valence-electron chi connectivity index (χ1n) is 11.7. The fourth-order valence-corrected chi connectivity index (χ4v) is 4.63. The van der Waals surface area contributed by atoms with Crippen LogP contribution in [-0.4, -0.2) is 41.6 Å². The SMILES string of the molecule is NS(=O)(=O)c1ccc(CCNc2nc(NC3(C(F)(F)F)CC3)c3nc(-c4ccc(F)cc4)ccc3n2)cc1F. The Balaban J connectivity index is 1.43. The van der Waals surface area contributed by atoms with Gasteiger partial charge in [-0.3, -0.25) is 0 Å². The first kappa shape index (κ1) is 26.7. The normalized spacial score (nSPS) is 14.8. The average Bonchev–Trinajstić information content (AvgIpc) is 3.65. The predicted octanol–water partition coefficient (Wildman–Crippen LogP) is 4.78. The van der Waals surface area contributed by atoms with Gasteiger partial charge in [-0.2, -0.15) is 18.2 Å². The zero-order chi connectivity index (χ0) is 28.0. The van der Waals surface area contributed by atoms with Gasteiger partial charge in [0, 0.05) is 12.1 Å². The first-order chi connectivity index (χ1) is 18.3. The number of nitrogens with one attached hydrogen (secondary N) is 2. The fraction of sp³-hybridized carbons (Fsp3) is 0.240. The van der Waals surface area contributed by atoms with Gasteiger partial charge >= 0.3 is 6.18 Å². The molecule has 2 aromatic carbocycles. The van der Waals surface area contributed by atoms with Crippen molar-refractivity contribution in [1.82, 2.24) is 15.0 Å². The Bertz CT molecular complexity index is 1660. The molecule has 5 rings (SSSR count). The summed E-state index contributed by atoms with van der Waals surface area (Å²) in [6, 6.07) is 12.2. The molecule has 204 valence electrons. The smallest absolute Gasteiger partial charge is 0.354 e. The molecular formula is C25H21F5N6O2S. The van der Waals surface area contributed by atoms with Gasteiger partial charge in [-0.25, -0.2) is 32.3 Å². The van der Waals surface area contributed by atoms with Crippen LogP contribution in [0.1, 0.15) is 18.4 Å². The quantitative estimate of drug-likeness (QED) is 0.263. The molecule has 4 N–H and O–H groups in total. The lowest BCUT2D eigenvalue weighted by Crippen LogP contribution is -2.39. The van der Waals surface area contributed by atoms with E-state index in [9.17, 15) is 30.4 Å². The Morgan fingerprint density at radius 2 is 1.67 bits per heavy atom. The maximum Gasteiger partial charge on any atom is 0.411 e. The van der Waals surface area contributed by atoms with E-state index in [-0.39, 0.29) is 48.6 Å². The Hall–Kier alpha value is -3.91. The van der Waals surface area contributed by atoms with Gasteiger partial charge in [-0.1, -0.05) is 6.07 Å². The van der Waals surface area contributed by atoms with Gasteiger partial charge < -0.3 is 10.6 Å².